The first-order chi connectivity index (χ1) is 14.7. The highest BCUT2D eigenvalue weighted by atomic mass is 16.5. The molecule has 154 valence electrons. The number of benzene rings is 2. The second-order valence-corrected chi connectivity index (χ2v) is 7.96. The molecule has 1 amide bonds. The third-order valence-electron chi connectivity index (χ3n) is 5.71. The molecule has 0 saturated carbocycles. The predicted molar refractivity (Wildman–Crippen MR) is 120 cm³/mol. The molecular weight excluding hydrogens is 372 g/mol. The molecule has 4 heteroatoms. The minimum Gasteiger partial charge on any atom is -0.493 e. The molecule has 0 aliphatic carbocycles. The number of carbonyl (C=O) groups excluding carboxylic acids is 1. The quantitative estimate of drug-likeness (QED) is 0.575. The van der Waals surface area contributed by atoms with E-state index < -0.39 is 0 Å². The van der Waals surface area contributed by atoms with Crippen LogP contribution < -0.4 is 10.5 Å². The number of primary amides is 1. The van der Waals surface area contributed by atoms with Gasteiger partial charge in [0.1, 0.15) is 5.75 Å². The largest absolute Gasteiger partial charge is 0.493 e. The van der Waals surface area contributed by atoms with Crippen molar-refractivity contribution in [1.82, 2.24) is 4.98 Å². The Hall–Kier alpha value is -3.27. The molecule has 2 heterocycles. The summed E-state index contributed by atoms with van der Waals surface area (Å²) in [5, 5.41) is 0. The van der Waals surface area contributed by atoms with Crippen molar-refractivity contribution in [2.75, 3.05) is 6.61 Å². The fourth-order valence-corrected chi connectivity index (χ4v) is 4.02. The first-order valence-corrected chi connectivity index (χ1v) is 10.6. The Morgan fingerprint density at radius 2 is 1.87 bits per heavy atom. The second kappa shape index (κ2) is 9.49. The number of ether oxygens (including phenoxy) is 1. The third-order valence-corrected chi connectivity index (χ3v) is 5.71. The minimum absolute atomic E-state index is 0.241. The highest BCUT2D eigenvalue weighted by molar-refractivity contribution is 5.77. The summed E-state index contributed by atoms with van der Waals surface area (Å²) in [6, 6.07) is 20.7. The molecule has 30 heavy (non-hydrogen) atoms. The maximum Gasteiger partial charge on any atom is 0.221 e. The standard InChI is InChI=1S/C26H28N2O2/c27-26(29)23(18-24-7-4-13-28-24)17-21-10-11-25-22(16-21)15-20(12-14-30-25)9-8-19-5-2-1-3-6-19/h1-7,10-11,13,15-16,23,28H,8-9,12,14,17-18H2,(H2,27,29). The van der Waals surface area contributed by atoms with Gasteiger partial charge in [-0.25, -0.2) is 0 Å². The van der Waals surface area contributed by atoms with Crippen molar-refractivity contribution in [2.45, 2.75) is 32.1 Å². The molecule has 0 spiro atoms. The molecule has 2 aromatic carbocycles. The van der Waals surface area contributed by atoms with Gasteiger partial charge in [0.2, 0.25) is 5.91 Å². The second-order valence-electron chi connectivity index (χ2n) is 7.96. The van der Waals surface area contributed by atoms with Crippen molar-refractivity contribution in [3.05, 3.63) is 94.8 Å². The van der Waals surface area contributed by atoms with Gasteiger partial charge in [-0.15, -0.1) is 0 Å². The van der Waals surface area contributed by atoms with Crippen LogP contribution in [0.15, 0.2) is 72.4 Å². The SMILES string of the molecule is NC(=O)C(Cc1ccc2c(c1)C=C(CCc1ccccc1)CCO2)Cc1ccc[nH]1. The van der Waals surface area contributed by atoms with Crippen LogP contribution in [0.4, 0.5) is 0 Å². The summed E-state index contributed by atoms with van der Waals surface area (Å²) < 4.78 is 5.97. The van der Waals surface area contributed by atoms with Gasteiger partial charge in [-0.05, 0) is 61.1 Å². The molecule has 1 atom stereocenters. The molecule has 0 radical (unpaired) electrons. The Morgan fingerprint density at radius 3 is 2.63 bits per heavy atom. The number of H-pyrrole nitrogens is 1. The summed E-state index contributed by atoms with van der Waals surface area (Å²) in [4.78, 5) is 15.2. The Balaban J connectivity index is 1.49. The van der Waals surface area contributed by atoms with E-state index in [1.165, 1.54) is 11.1 Å². The number of nitrogens with one attached hydrogen (secondary N) is 1. The number of aromatic amines is 1. The maximum atomic E-state index is 12.0. The van der Waals surface area contributed by atoms with Gasteiger partial charge >= 0.3 is 0 Å². The Labute approximate surface area is 177 Å². The number of hydrogen-bond acceptors (Lipinski definition) is 2. The van der Waals surface area contributed by atoms with Gasteiger partial charge in [-0.2, -0.15) is 0 Å². The molecule has 0 bridgehead atoms. The smallest absolute Gasteiger partial charge is 0.221 e. The number of amides is 1. The van der Waals surface area contributed by atoms with E-state index in [1.54, 1.807) is 0 Å². The van der Waals surface area contributed by atoms with Crippen molar-refractivity contribution in [1.29, 1.82) is 0 Å². The van der Waals surface area contributed by atoms with Crippen LogP contribution in [0, 0.1) is 5.92 Å². The lowest BCUT2D eigenvalue weighted by Gasteiger charge is -2.14. The molecule has 4 rings (SSSR count). The molecule has 1 unspecified atom stereocenters. The van der Waals surface area contributed by atoms with E-state index in [0.29, 0.717) is 19.4 Å². The summed E-state index contributed by atoms with van der Waals surface area (Å²) in [6.45, 7) is 0.698. The number of nitrogens with two attached hydrogens (primary N) is 1. The van der Waals surface area contributed by atoms with Crippen molar-refractivity contribution < 1.29 is 9.53 Å². The normalized spacial score (nSPS) is 14.2. The monoisotopic (exact) mass is 400 g/mol. The molecule has 3 aromatic rings. The molecule has 3 N–H and O–H groups in total. The van der Waals surface area contributed by atoms with Crippen molar-refractivity contribution in [3.63, 3.8) is 0 Å². The predicted octanol–water partition coefficient (Wildman–Crippen LogP) is 4.70. The zero-order valence-electron chi connectivity index (χ0n) is 17.1. The van der Waals surface area contributed by atoms with Crippen LogP contribution in [-0.4, -0.2) is 17.5 Å². The number of fused-ring (bicyclic) bond motifs is 1. The van der Waals surface area contributed by atoms with Crippen molar-refractivity contribution >= 4 is 12.0 Å². The van der Waals surface area contributed by atoms with E-state index in [9.17, 15) is 4.79 Å². The van der Waals surface area contributed by atoms with Crippen LogP contribution in [-0.2, 0) is 24.1 Å². The van der Waals surface area contributed by atoms with Gasteiger partial charge in [0.15, 0.2) is 0 Å². The topological polar surface area (TPSA) is 68.1 Å². The first kappa shape index (κ1) is 20.0. The average molecular weight is 401 g/mol. The number of rotatable bonds is 8. The third kappa shape index (κ3) is 5.20. The maximum absolute atomic E-state index is 12.0. The Kier molecular flexibility index (Phi) is 6.33. The van der Waals surface area contributed by atoms with Gasteiger partial charge in [0.25, 0.3) is 0 Å². The van der Waals surface area contributed by atoms with E-state index in [2.05, 4.69) is 47.5 Å². The number of carbonyl (C=O) groups is 1. The minimum atomic E-state index is -0.269. The fourth-order valence-electron chi connectivity index (χ4n) is 4.02. The number of aryl methyl sites for hydroxylation is 1. The summed E-state index contributed by atoms with van der Waals surface area (Å²) in [6.07, 6.45) is 8.36. The van der Waals surface area contributed by atoms with Gasteiger partial charge in [0.05, 0.1) is 6.61 Å². The lowest BCUT2D eigenvalue weighted by molar-refractivity contribution is -0.121. The molecule has 0 saturated heterocycles. The van der Waals surface area contributed by atoms with E-state index >= 15 is 0 Å². The van der Waals surface area contributed by atoms with Crippen LogP contribution in [0.2, 0.25) is 0 Å². The molecule has 1 aliphatic heterocycles. The number of aromatic nitrogens is 1. The molecule has 0 fully saturated rings. The van der Waals surface area contributed by atoms with Gasteiger partial charge in [-0.3, -0.25) is 4.79 Å². The van der Waals surface area contributed by atoms with Crippen molar-refractivity contribution in [2.24, 2.45) is 11.7 Å². The van der Waals surface area contributed by atoms with Crippen molar-refractivity contribution in [3.8, 4) is 5.75 Å². The highest BCUT2D eigenvalue weighted by Gasteiger charge is 2.18. The fraction of sp³-hybridized carbons (Fsp3) is 0.269. The molecule has 4 nitrogen and oxygen atoms in total. The van der Waals surface area contributed by atoms with E-state index in [1.807, 2.05) is 30.5 Å². The van der Waals surface area contributed by atoms with E-state index in [-0.39, 0.29) is 11.8 Å². The summed E-state index contributed by atoms with van der Waals surface area (Å²) in [5.41, 5.74) is 11.7. The summed E-state index contributed by atoms with van der Waals surface area (Å²) in [5.74, 6) is 0.401. The lowest BCUT2D eigenvalue weighted by atomic mass is 9.92. The Bertz CT molecular complexity index is 1010. The average Bonchev–Trinajstić information content (AvgIpc) is 3.18. The van der Waals surface area contributed by atoms with Crippen LogP contribution >= 0.6 is 0 Å². The summed E-state index contributed by atoms with van der Waals surface area (Å²) >= 11 is 0. The number of hydrogen-bond donors (Lipinski definition) is 2. The molecule has 1 aromatic heterocycles. The molecule has 1 aliphatic rings. The van der Waals surface area contributed by atoms with Crippen LogP contribution in [0.1, 0.15) is 35.2 Å². The van der Waals surface area contributed by atoms with E-state index in [0.717, 1.165) is 41.8 Å². The summed E-state index contributed by atoms with van der Waals surface area (Å²) in [7, 11) is 0. The zero-order chi connectivity index (χ0) is 20.8. The van der Waals surface area contributed by atoms with Crippen LogP contribution in [0.25, 0.3) is 6.08 Å². The van der Waals surface area contributed by atoms with Crippen LogP contribution in [0.3, 0.4) is 0 Å². The highest BCUT2D eigenvalue weighted by Crippen LogP contribution is 2.29. The van der Waals surface area contributed by atoms with E-state index in [4.69, 9.17) is 10.5 Å². The van der Waals surface area contributed by atoms with Gasteiger partial charge in [0, 0.05) is 29.8 Å². The Morgan fingerprint density at radius 1 is 1.00 bits per heavy atom. The van der Waals surface area contributed by atoms with Gasteiger partial charge < -0.3 is 15.5 Å². The molecular formula is C26H28N2O2. The lowest BCUT2D eigenvalue weighted by Crippen LogP contribution is -2.27. The van der Waals surface area contributed by atoms with Gasteiger partial charge in [-0.1, -0.05) is 48.0 Å². The first-order valence-electron chi connectivity index (χ1n) is 10.6. The zero-order valence-corrected chi connectivity index (χ0v) is 17.1. The van der Waals surface area contributed by atoms with Crippen LogP contribution in [0.5, 0.6) is 5.75 Å².